The van der Waals surface area contributed by atoms with Crippen LogP contribution in [-0.4, -0.2) is 35.7 Å². The van der Waals surface area contributed by atoms with E-state index < -0.39 is 4.92 Å². The number of rotatable bonds is 1. The van der Waals surface area contributed by atoms with Crippen molar-refractivity contribution in [3.05, 3.63) is 39.4 Å². The highest BCUT2D eigenvalue weighted by atomic mass is 16.6. The third-order valence-corrected chi connectivity index (χ3v) is 4.63. The summed E-state index contributed by atoms with van der Waals surface area (Å²) in [6, 6.07) is 4.74. The fourth-order valence-electron chi connectivity index (χ4n) is 3.51. The number of carbonyl (C=O) groups is 1. The van der Waals surface area contributed by atoms with Crippen molar-refractivity contribution in [2.24, 2.45) is 11.8 Å². The van der Waals surface area contributed by atoms with E-state index in [2.05, 4.69) is 11.9 Å². The summed E-state index contributed by atoms with van der Waals surface area (Å²) in [6.07, 6.45) is 2.43. The van der Waals surface area contributed by atoms with Gasteiger partial charge in [0.25, 0.3) is 5.69 Å². The first kappa shape index (κ1) is 13.2. The monoisotopic (exact) mass is 274 g/mol. The summed E-state index contributed by atoms with van der Waals surface area (Å²) in [4.78, 5) is 25.1. The molecule has 0 bridgehead atoms. The van der Waals surface area contributed by atoms with E-state index in [0.29, 0.717) is 23.8 Å². The van der Waals surface area contributed by atoms with Crippen LogP contribution in [-0.2, 0) is 6.42 Å². The van der Waals surface area contributed by atoms with Gasteiger partial charge in [-0.2, -0.15) is 0 Å². The third-order valence-electron chi connectivity index (χ3n) is 4.63. The summed E-state index contributed by atoms with van der Waals surface area (Å²) in [6.45, 7) is 2.04. The topological polar surface area (TPSA) is 63.5 Å². The maximum Gasteiger partial charge on any atom is 0.270 e. The number of nitro benzene ring substituents is 1. The molecule has 20 heavy (non-hydrogen) atoms. The van der Waals surface area contributed by atoms with E-state index in [1.165, 1.54) is 12.1 Å². The Morgan fingerprint density at radius 3 is 2.85 bits per heavy atom. The van der Waals surface area contributed by atoms with Gasteiger partial charge in [-0.3, -0.25) is 14.9 Å². The molecular formula is C15H18N2O3. The highest BCUT2D eigenvalue weighted by Crippen LogP contribution is 2.35. The lowest BCUT2D eigenvalue weighted by Crippen LogP contribution is -2.38. The largest absolute Gasteiger partial charge is 0.306 e. The lowest BCUT2D eigenvalue weighted by atomic mass is 9.81. The maximum absolute atomic E-state index is 12.4. The minimum atomic E-state index is -0.431. The van der Waals surface area contributed by atoms with E-state index in [1.54, 1.807) is 6.07 Å². The number of benzene rings is 1. The normalized spacial score (nSPS) is 26.6. The van der Waals surface area contributed by atoms with Gasteiger partial charge in [-0.05, 0) is 43.8 Å². The minimum absolute atomic E-state index is 0.0130. The van der Waals surface area contributed by atoms with Crippen LogP contribution in [0.25, 0.3) is 0 Å². The molecule has 0 saturated carbocycles. The summed E-state index contributed by atoms with van der Waals surface area (Å²) in [5.41, 5.74) is 1.55. The van der Waals surface area contributed by atoms with Gasteiger partial charge in [-0.25, -0.2) is 0 Å². The molecule has 0 amide bonds. The lowest BCUT2D eigenvalue weighted by Gasteiger charge is -2.35. The zero-order valence-corrected chi connectivity index (χ0v) is 11.5. The number of likely N-dealkylation sites (tertiary alicyclic amines) is 1. The van der Waals surface area contributed by atoms with Gasteiger partial charge < -0.3 is 4.90 Å². The second kappa shape index (κ2) is 4.98. The second-order valence-corrected chi connectivity index (χ2v) is 6.00. The first-order valence-electron chi connectivity index (χ1n) is 7.03. The van der Waals surface area contributed by atoms with Crippen LogP contribution in [0.1, 0.15) is 28.8 Å². The quantitative estimate of drug-likeness (QED) is 0.582. The van der Waals surface area contributed by atoms with E-state index >= 15 is 0 Å². The van der Waals surface area contributed by atoms with E-state index in [4.69, 9.17) is 0 Å². The molecule has 1 fully saturated rings. The van der Waals surface area contributed by atoms with Gasteiger partial charge in [0, 0.05) is 30.7 Å². The fraction of sp³-hybridized carbons (Fsp3) is 0.533. The molecule has 1 aromatic rings. The highest BCUT2D eigenvalue weighted by molar-refractivity contribution is 5.98. The van der Waals surface area contributed by atoms with Gasteiger partial charge in [0.15, 0.2) is 5.78 Å². The Morgan fingerprint density at radius 2 is 2.10 bits per heavy atom. The molecule has 2 aliphatic rings. The zero-order chi connectivity index (χ0) is 14.3. The predicted molar refractivity (Wildman–Crippen MR) is 74.8 cm³/mol. The average molecular weight is 274 g/mol. The molecule has 106 valence electrons. The van der Waals surface area contributed by atoms with Crippen LogP contribution in [0.15, 0.2) is 18.2 Å². The summed E-state index contributed by atoms with van der Waals surface area (Å²) in [5.74, 6) is 0.978. The number of carbonyl (C=O) groups excluding carboxylic acids is 1. The van der Waals surface area contributed by atoms with Gasteiger partial charge >= 0.3 is 0 Å². The first-order chi connectivity index (χ1) is 9.54. The molecular weight excluding hydrogens is 256 g/mol. The van der Waals surface area contributed by atoms with Crippen molar-refractivity contribution >= 4 is 11.5 Å². The Bertz CT molecular complexity index is 570. The molecule has 1 aliphatic carbocycles. The summed E-state index contributed by atoms with van der Waals surface area (Å²) in [7, 11) is 2.11. The van der Waals surface area contributed by atoms with Crippen molar-refractivity contribution in [1.82, 2.24) is 4.90 Å². The average Bonchev–Trinajstić information content (AvgIpc) is 2.54. The summed E-state index contributed by atoms with van der Waals surface area (Å²) < 4.78 is 0. The van der Waals surface area contributed by atoms with Crippen LogP contribution in [0.4, 0.5) is 5.69 Å². The van der Waals surface area contributed by atoms with Crippen molar-refractivity contribution in [3.8, 4) is 0 Å². The highest BCUT2D eigenvalue weighted by Gasteiger charge is 2.34. The number of fused-ring (bicyclic) bond motifs is 2. The van der Waals surface area contributed by atoms with E-state index in [0.717, 1.165) is 31.5 Å². The number of non-ortho nitro benzene ring substituents is 1. The molecule has 0 radical (unpaired) electrons. The summed E-state index contributed by atoms with van der Waals surface area (Å²) in [5, 5.41) is 10.9. The molecule has 5 nitrogen and oxygen atoms in total. The molecule has 1 saturated heterocycles. The molecule has 1 aliphatic heterocycles. The van der Waals surface area contributed by atoms with Crippen molar-refractivity contribution in [2.45, 2.75) is 19.3 Å². The lowest BCUT2D eigenvalue weighted by molar-refractivity contribution is -0.384. The Morgan fingerprint density at radius 1 is 1.30 bits per heavy atom. The Labute approximate surface area is 117 Å². The van der Waals surface area contributed by atoms with Gasteiger partial charge in [0.2, 0.25) is 0 Å². The number of nitro groups is 1. The van der Waals surface area contributed by atoms with Crippen molar-refractivity contribution in [3.63, 3.8) is 0 Å². The molecule has 3 rings (SSSR count). The molecule has 2 atom stereocenters. The van der Waals surface area contributed by atoms with Gasteiger partial charge in [0.05, 0.1) is 4.92 Å². The molecule has 0 N–H and O–H groups in total. The molecule has 0 spiro atoms. The molecule has 5 heteroatoms. The van der Waals surface area contributed by atoms with Crippen LogP contribution >= 0.6 is 0 Å². The standard InChI is InChI=1S/C15H18N2O3/c1-16-5-4-10-7-15(18)14-8-13(17(19)20)3-2-11(14)6-12(10)9-16/h2-3,8,10,12H,4-7,9H2,1H3/t10-,12+/m1/s1. The zero-order valence-electron chi connectivity index (χ0n) is 11.5. The number of hydrogen-bond donors (Lipinski definition) is 0. The van der Waals surface area contributed by atoms with Crippen LogP contribution in [0, 0.1) is 22.0 Å². The molecule has 1 heterocycles. The minimum Gasteiger partial charge on any atom is -0.306 e. The van der Waals surface area contributed by atoms with Gasteiger partial charge in [-0.1, -0.05) is 6.07 Å². The maximum atomic E-state index is 12.4. The Balaban J connectivity index is 1.96. The van der Waals surface area contributed by atoms with Crippen LogP contribution in [0.3, 0.4) is 0 Å². The van der Waals surface area contributed by atoms with Crippen LogP contribution < -0.4 is 0 Å². The number of ketones is 1. The van der Waals surface area contributed by atoms with E-state index in [-0.39, 0.29) is 11.5 Å². The summed E-state index contributed by atoms with van der Waals surface area (Å²) >= 11 is 0. The second-order valence-electron chi connectivity index (χ2n) is 6.00. The van der Waals surface area contributed by atoms with Gasteiger partial charge in [-0.15, -0.1) is 0 Å². The van der Waals surface area contributed by atoms with E-state index in [1.807, 2.05) is 0 Å². The van der Waals surface area contributed by atoms with Crippen LogP contribution in [0.2, 0.25) is 0 Å². The third kappa shape index (κ3) is 2.33. The fourth-order valence-corrected chi connectivity index (χ4v) is 3.51. The first-order valence-corrected chi connectivity index (χ1v) is 7.03. The van der Waals surface area contributed by atoms with Crippen molar-refractivity contribution in [2.75, 3.05) is 20.1 Å². The number of Topliss-reactive ketones (excluding diaryl/α,β-unsaturated/α-hetero) is 1. The molecule has 0 aromatic heterocycles. The van der Waals surface area contributed by atoms with Crippen LogP contribution in [0.5, 0.6) is 0 Å². The Hall–Kier alpha value is -1.75. The van der Waals surface area contributed by atoms with Gasteiger partial charge in [0.1, 0.15) is 0 Å². The Kier molecular flexibility index (Phi) is 3.30. The predicted octanol–water partition coefficient (Wildman–Crippen LogP) is 2.29. The SMILES string of the molecule is CN1CC[C@@H]2CC(=O)c3cc([N+](=O)[O-])ccc3C[C@H]2C1. The smallest absolute Gasteiger partial charge is 0.270 e. The number of hydrogen-bond acceptors (Lipinski definition) is 4. The number of nitrogens with zero attached hydrogens (tertiary/aromatic N) is 2. The number of piperidine rings is 1. The molecule has 0 unspecified atom stereocenters. The van der Waals surface area contributed by atoms with E-state index in [9.17, 15) is 14.9 Å². The van der Waals surface area contributed by atoms with Crippen molar-refractivity contribution in [1.29, 1.82) is 0 Å². The molecule has 1 aromatic carbocycles. The van der Waals surface area contributed by atoms with Crippen molar-refractivity contribution < 1.29 is 9.72 Å².